The van der Waals surface area contributed by atoms with Crippen LogP contribution in [0.4, 0.5) is 0 Å². The number of amides is 1. The molecule has 120 valence electrons. The second kappa shape index (κ2) is 6.92. The average molecular weight is 332 g/mol. The first-order valence-electron chi connectivity index (χ1n) is 7.51. The molecule has 0 saturated heterocycles. The molecule has 0 bridgehead atoms. The first-order valence-corrected chi connectivity index (χ1v) is 7.89. The van der Waals surface area contributed by atoms with Crippen LogP contribution in [0.1, 0.15) is 11.1 Å². The molecule has 1 atom stereocenters. The van der Waals surface area contributed by atoms with Gasteiger partial charge < -0.3 is 14.8 Å². The Hall–Kier alpha value is -2.20. The van der Waals surface area contributed by atoms with Crippen molar-refractivity contribution in [3.63, 3.8) is 0 Å². The summed E-state index contributed by atoms with van der Waals surface area (Å²) in [6.07, 6.45) is 0.852. The van der Waals surface area contributed by atoms with Crippen molar-refractivity contribution < 1.29 is 14.3 Å². The van der Waals surface area contributed by atoms with E-state index in [9.17, 15) is 4.79 Å². The van der Waals surface area contributed by atoms with E-state index >= 15 is 0 Å². The summed E-state index contributed by atoms with van der Waals surface area (Å²) < 4.78 is 10.8. The largest absolute Gasteiger partial charge is 0.497 e. The number of carbonyl (C=O) groups excluding carboxylic acids is 1. The van der Waals surface area contributed by atoms with Crippen LogP contribution in [-0.2, 0) is 17.6 Å². The maximum Gasteiger partial charge on any atom is 0.261 e. The molecule has 0 aliphatic carbocycles. The lowest BCUT2D eigenvalue weighted by atomic mass is 10.1. The van der Waals surface area contributed by atoms with Crippen molar-refractivity contribution in [2.24, 2.45) is 0 Å². The number of rotatable bonds is 5. The van der Waals surface area contributed by atoms with Crippen LogP contribution >= 0.6 is 11.6 Å². The van der Waals surface area contributed by atoms with Crippen molar-refractivity contribution >= 4 is 17.5 Å². The van der Waals surface area contributed by atoms with Crippen LogP contribution in [0.5, 0.6) is 11.5 Å². The van der Waals surface area contributed by atoms with Gasteiger partial charge in [0.1, 0.15) is 11.5 Å². The number of halogens is 1. The number of hydrogen-bond donors (Lipinski definition) is 1. The Labute approximate surface area is 140 Å². The minimum Gasteiger partial charge on any atom is -0.497 e. The Kier molecular flexibility index (Phi) is 4.72. The molecule has 1 aliphatic heterocycles. The highest BCUT2D eigenvalue weighted by Crippen LogP contribution is 2.31. The van der Waals surface area contributed by atoms with E-state index in [1.165, 1.54) is 0 Å². The number of fused-ring (bicyclic) bond motifs is 1. The number of ether oxygens (including phenoxy) is 2. The maximum atomic E-state index is 12.2. The summed E-state index contributed by atoms with van der Waals surface area (Å²) in [6.45, 7) is 0.572. The molecule has 0 aromatic heterocycles. The predicted octanol–water partition coefficient (Wildman–Crippen LogP) is 3.01. The molecule has 1 amide bonds. The molecule has 1 N–H and O–H groups in total. The van der Waals surface area contributed by atoms with Gasteiger partial charge in [-0.3, -0.25) is 4.79 Å². The minimum atomic E-state index is -0.473. The van der Waals surface area contributed by atoms with E-state index in [1.807, 2.05) is 36.4 Å². The third kappa shape index (κ3) is 3.77. The highest BCUT2D eigenvalue weighted by Gasteiger charge is 2.28. The van der Waals surface area contributed by atoms with E-state index in [1.54, 1.807) is 13.2 Å². The molecule has 23 heavy (non-hydrogen) atoms. The molecule has 5 heteroatoms. The summed E-state index contributed by atoms with van der Waals surface area (Å²) in [6, 6.07) is 13.2. The molecular weight excluding hydrogens is 314 g/mol. The summed E-state index contributed by atoms with van der Waals surface area (Å²) in [7, 11) is 1.64. The van der Waals surface area contributed by atoms with Crippen LogP contribution in [0.25, 0.3) is 0 Å². The topological polar surface area (TPSA) is 47.6 Å². The molecule has 4 nitrogen and oxygen atoms in total. The predicted molar refractivity (Wildman–Crippen MR) is 89.3 cm³/mol. The zero-order valence-electron chi connectivity index (χ0n) is 12.8. The first kappa shape index (κ1) is 15.7. The van der Waals surface area contributed by atoms with Crippen molar-refractivity contribution in [1.29, 1.82) is 0 Å². The van der Waals surface area contributed by atoms with Crippen molar-refractivity contribution in [3.8, 4) is 11.5 Å². The van der Waals surface area contributed by atoms with Crippen LogP contribution in [0, 0.1) is 0 Å². The first-order chi connectivity index (χ1) is 11.2. The number of carbonyl (C=O) groups is 1. The van der Waals surface area contributed by atoms with Gasteiger partial charge in [0.2, 0.25) is 0 Å². The van der Waals surface area contributed by atoms with Crippen molar-refractivity contribution in [3.05, 3.63) is 58.6 Å². The van der Waals surface area contributed by atoms with Gasteiger partial charge in [0.25, 0.3) is 5.91 Å². The maximum absolute atomic E-state index is 12.2. The van der Waals surface area contributed by atoms with Gasteiger partial charge >= 0.3 is 0 Å². The standard InChI is InChI=1S/C18H18ClNO3/c1-22-15-5-2-12(3-6-15)8-9-20-18(21)17-11-13-10-14(19)4-7-16(13)23-17/h2-7,10,17H,8-9,11H2,1H3,(H,20,21)/t17-/m0/s1. The van der Waals surface area contributed by atoms with Gasteiger partial charge in [0.05, 0.1) is 7.11 Å². The second-order valence-electron chi connectivity index (χ2n) is 5.45. The molecule has 0 unspecified atom stereocenters. The molecule has 1 heterocycles. The van der Waals surface area contributed by atoms with Crippen molar-refractivity contribution in [2.45, 2.75) is 18.9 Å². The Bertz CT molecular complexity index is 700. The number of nitrogens with one attached hydrogen (secondary N) is 1. The fraction of sp³-hybridized carbons (Fsp3) is 0.278. The SMILES string of the molecule is COc1ccc(CCNC(=O)[C@@H]2Cc3cc(Cl)ccc3O2)cc1. The van der Waals surface area contributed by atoms with E-state index in [0.29, 0.717) is 18.0 Å². The van der Waals surface area contributed by atoms with E-state index in [0.717, 1.165) is 29.0 Å². The molecule has 0 saturated carbocycles. The lowest BCUT2D eigenvalue weighted by Gasteiger charge is -2.11. The van der Waals surface area contributed by atoms with E-state index < -0.39 is 6.10 Å². The summed E-state index contributed by atoms with van der Waals surface area (Å²) in [5.41, 5.74) is 2.13. The average Bonchev–Trinajstić information content (AvgIpc) is 2.98. The van der Waals surface area contributed by atoms with Crippen LogP contribution in [-0.4, -0.2) is 25.7 Å². The van der Waals surface area contributed by atoms with Crippen LogP contribution in [0.3, 0.4) is 0 Å². The molecule has 0 fully saturated rings. The van der Waals surface area contributed by atoms with E-state index in [2.05, 4.69) is 5.32 Å². The summed E-state index contributed by atoms with van der Waals surface area (Å²) in [5.74, 6) is 1.48. The smallest absolute Gasteiger partial charge is 0.261 e. The zero-order valence-corrected chi connectivity index (χ0v) is 13.6. The van der Waals surface area contributed by atoms with Gasteiger partial charge in [-0.15, -0.1) is 0 Å². The molecule has 2 aromatic rings. The van der Waals surface area contributed by atoms with E-state index in [4.69, 9.17) is 21.1 Å². The minimum absolute atomic E-state index is 0.0918. The summed E-state index contributed by atoms with van der Waals surface area (Å²) in [5, 5.41) is 3.58. The Morgan fingerprint density at radius 3 is 2.83 bits per heavy atom. The van der Waals surface area contributed by atoms with Gasteiger partial charge in [-0.2, -0.15) is 0 Å². The lowest BCUT2D eigenvalue weighted by molar-refractivity contribution is -0.127. The van der Waals surface area contributed by atoms with Crippen LogP contribution in [0.15, 0.2) is 42.5 Å². The van der Waals surface area contributed by atoms with Crippen molar-refractivity contribution in [1.82, 2.24) is 5.32 Å². The van der Waals surface area contributed by atoms with Gasteiger partial charge in [-0.25, -0.2) is 0 Å². The second-order valence-corrected chi connectivity index (χ2v) is 5.89. The number of hydrogen-bond acceptors (Lipinski definition) is 3. The molecule has 3 rings (SSSR count). The van der Waals surface area contributed by atoms with Gasteiger partial charge in [-0.1, -0.05) is 23.7 Å². The highest BCUT2D eigenvalue weighted by molar-refractivity contribution is 6.30. The monoisotopic (exact) mass is 331 g/mol. The normalized spacial score (nSPS) is 15.7. The Morgan fingerprint density at radius 2 is 2.09 bits per heavy atom. The molecule has 1 aliphatic rings. The highest BCUT2D eigenvalue weighted by atomic mass is 35.5. The third-order valence-electron chi connectivity index (χ3n) is 3.86. The number of benzene rings is 2. The Balaban J connectivity index is 1.48. The molecule has 0 spiro atoms. The summed E-state index contributed by atoms with van der Waals surface area (Å²) >= 11 is 5.96. The van der Waals surface area contributed by atoms with Gasteiger partial charge in [0, 0.05) is 18.0 Å². The zero-order chi connectivity index (χ0) is 16.2. The van der Waals surface area contributed by atoms with Crippen molar-refractivity contribution in [2.75, 3.05) is 13.7 Å². The number of methoxy groups -OCH3 is 1. The van der Waals surface area contributed by atoms with Crippen LogP contribution < -0.4 is 14.8 Å². The molecule has 0 radical (unpaired) electrons. The summed E-state index contributed by atoms with van der Waals surface area (Å²) in [4.78, 5) is 12.2. The fourth-order valence-corrected chi connectivity index (χ4v) is 2.79. The van der Waals surface area contributed by atoms with Crippen LogP contribution in [0.2, 0.25) is 5.02 Å². The van der Waals surface area contributed by atoms with Gasteiger partial charge in [0.15, 0.2) is 6.10 Å². The van der Waals surface area contributed by atoms with E-state index in [-0.39, 0.29) is 5.91 Å². The molecular formula is C18H18ClNO3. The Morgan fingerprint density at radius 1 is 1.30 bits per heavy atom. The third-order valence-corrected chi connectivity index (χ3v) is 4.10. The fourth-order valence-electron chi connectivity index (χ4n) is 2.60. The lowest BCUT2D eigenvalue weighted by Crippen LogP contribution is -2.38. The quantitative estimate of drug-likeness (QED) is 0.916. The van der Waals surface area contributed by atoms with Gasteiger partial charge in [-0.05, 0) is 47.9 Å². The molecule has 2 aromatic carbocycles.